The molecule has 0 atom stereocenters. The first-order valence-corrected chi connectivity index (χ1v) is 7.08. The van der Waals surface area contributed by atoms with Gasteiger partial charge < -0.3 is 5.11 Å². The number of aryl methyl sites for hydroxylation is 1. The Bertz CT molecular complexity index is 797. The molecule has 0 saturated carbocycles. The van der Waals surface area contributed by atoms with Crippen LogP contribution in [0.4, 0.5) is 8.78 Å². The normalized spacial score (nSPS) is 10.8. The number of hydrogen-bond acceptors (Lipinski definition) is 3. The first-order valence-electron chi connectivity index (χ1n) is 6.27. The Balaban J connectivity index is 2.05. The third-order valence-corrected chi connectivity index (χ3v) is 4.12. The molecule has 0 radical (unpaired) electrons. The molecule has 0 saturated heterocycles. The van der Waals surface area contributed by atoms with Crippen molar-refractivity contribution < 1.29 is 13.9 Å². The maximum atomic E-state index is 13.3. The number of benzene rings is 2. The molecule has 0 aliphatic carbocycles. The van der Waals surface area contributed by atoms with Crippen molar-refractivity contribution in [1.82, 2.24) is 4.98 Å². The fourth-order valence-corrected chi connectivity index (χ4v) is 2.98. The van der Waals surface area contributed by atoms with E-state index in [9.17, 15) is 13.9 Å². The van der Waals surface area contributed by atoms with E-state index in [1.807, 2.05) is 6.92 Å². The van der Waals surface area contributed by atoms with Crippen LogP contribution in [0, 0.1) is 18.6 Å². The van der Waals surface area contributed by atoms with Gasteiger partial charge in [0, 0.05) is 16.0 Å². The van der Waals surface area contributed by atoms with E-state index < -0.39 is 11.6 Å². The standard InChI is InChI=1S/C16H11F2NOS/c1-9-15(11-4-7-13(17)14(18)8-11)19-16(21-9)10-2-5-12(20)6-3-10/h2-8,20H,1H3. The van der Waals surface area contributed by atoms with Gasteiger partial charge in [0.1, 0.15) is 10.8 Å². The van der Waals surface area contributed by atoms with Crippen LogP contribution < -0.4 is 0 Å². The summed E-state index contributed by atoms with van der Waals surface area (Å²) in [5.74, 6) is -1.57. The largest absolute Gasteiger partial charge is 0.508 e. The first-order chi connectivity index (χ1) is 10.0. The molecule has 0 aliphatic rings. The number of thiazole rings is 1. The van der Waals surface area contributed by atoms with E-state index in [0.29, 0.717) is 11.3 Å². The van der Waals surface area contributed by atoms with Crippen LogP contribution in [-0.2, 0) is 0 Å². The highest BCUT2D eigenvalue weighted by Gasteiger charge is 2.13. The molecular formula is C16H11F2NOS. The van der Waals surface area contributed by atoms with Crippen LogP contribution >= 0.6 is 11.3 Å². The molecule has 2 aromatic carbocycles. The molecule has 0 bridgehead atoms. The van der Waals surface area contributed by atoms with Crippen molar-refractivity contribution in [2.24, 2.45) is 0 Å². The highest BCUT2D eigenvalue weighted by atomic mass is 32.1. The fraction of sp³-hybridized carbons (Fsp3) is 0.0625. The van der Waals surface area contributed by atoms with Gasteiger partial charge in [-0.2, -0.15) is 0 Å². The van der Waals surface area contributed by atoms with E-state index >= 15 is 0 Å². The van der Waals surface area contributed by atoms with Gasteiger partial charge in [-0.25, -0.2) is 13.8 Å². The van der Waals surface area contributed by atoms with Crippen LogP contribution in [-0.4, -0.2) is 10.1 Å². The van der Waals surface area contributed by atoms with Crippen LogP contribution in [0.25, 0.3) is 21.8 Å². The lowest BCUT2D eigenvalue weighted by Gasteiger charge is -2.00. The molecule has 3 aromatic rings. The molecule has 0 spiro atoms. The van der Waals surface area contributed by atoms with E-state index in [2.05, 4.69) is 4.98 Å². The monoisotopic (exact) mass is 303 g/mol. The van der Waals surface area contributed by atoms with Gasteiger partial charge in [-0.05, 0) is 49.4 Å². The lowest BCUT2D eigenvalue weighted by molar-refractivity contribution is 0.475. The zero-order valence-electron chi connectivity index (χ0n) is 11.1. The van der Waals surface area contributed by atoms with Gasteiger partial charge in [0.15, 0.2) is 11.6 Å². The average molecular weight is 303 g/mol. The summed E-state index contributed by atoms with van der Waals surface area (Å²) < 4.78 is 26.4. The average Bonchev–Trinajstić information content (AvgIpc) is 2.85. The van der Waals surface area contributed by atoms with E-state index in [4.69, 9.17) is 0 Å². The molecule has 0 fully saturated rings. The second-order valence-electron chi connectivity index (χ2n) is 4.60. The highest BCUT2D eigenvalue weighted by molar-refractivity contribution is 7.15. The minimum absolute atomic E-state index is 0.188. The predicted octanol–water partition coefficient (Wildman–Crippen LogP) is 4.77. The maximum absolute atomic E-state index is 13.3. The van der Waals surface area contributed by atoms with Crippen LogP contribution in [0.5, 0.6) is 5.75 Å². The summed E-state index contributed by atoms with van der Waals surface area (Å²) in [4.78, 5) is 5.42. The summed E-state index contributed by atoms with van der Waals surface area (Å²) in [6.07, 6.45) is 0. The van der Waals surface area contributed by atoms with E-state index in [-0.39, 0.29) is 5.75 Å². The zero-order chi connectivity index (χ0) is 15.0. The Morgan fingerprint density at radius 1 is 0.952 bits per heavy atom. The van der Waals surface area contributed by atoms with Crippen molar-refractivity contribution >= 4 is 11.3 Å². The number of halogens is 2. The Morgan fingerprint density at radius 3 is 2.29 bits per heavy atom. The molecule has 2 nitrogen and oxygen atoms in total. The number of nitrogens with zero attached hydrogens (tertiary/aromatic N) is 1. The van der Waals surface area contributed by atoms with Crippen molar-refractivity contribution in [2.75, 3.05) is 0 Å². The van der Waals surface area contributed by atoms with Gasteiger partial charge in [-0.3, -0.25) is 0 Å². The van der Waals surface area contributed by atoms with Crippen molar-refractivity contribution in [3.63, 3.8) is 0 Å². The lowest BCUT2D eigenvalue weighted by Crippen LogP contribution is -1.87. The number of phenolic OH excluding ortho intramolecular Hbond substituents is 1. The molecule has 1 N–H and O–H groups in total. The maximum Gasteiger partial charge on any atom is 0.159 e. The topological polar surface area (TPSA) is 33.1 Å². The molecule has 3 rings (SSSR count). The van der Waals surface area contributed by atoms with Crippen LogP contribution in [0.3, 0.4) is 0 Å². The van der Waals surface area contributed by atoms with Crippen molar-refractivity contribution in [3.05, 3.63) is 59.0 Å². The number of phenols is 1. The molecule has 106 valence electrons. The Labute approximate surface area is 124 Å². The SMILES string of the molecule is Cc1sc(-c2ccc(O)cc2)nc1-c1ccc(F)c(F)c1. The quantitative estimate of drug-likeness (QED) is 0.739. The Hall–Kier alpha value is -2.27. The van der Waals surface area contributed by atoms with Crippen molar-refractivity contribution in [1.29, 1.82) is 0 Å². The molecule has 5 heteroatoms. The predicted molar refractivity (Wildman–Crippen MR) is 79.3 cm³/mol. The van der Waals surface area contributed by atoms with E-state index in [0.717, 1.165) is 27.6 Å². The number of aromatic nitrogens is 1. The second-order valence-corrected chi connectivity index (χ2v) is 5.80. The van der Waals surface area contributed by atoms with Gasteiger partial charge in [0.2, 0.25) is 0 Å². The number of rotatable bonds is 2. The molecule has 0 amide bonds. The van der Waals surface area contributed by atoms with Crippen LogP contribution in [0.2, 0.25) is 0 Å². The number of aromatic hydroxyl groups is 1. The molecule has 21 heavy (non-hydrogen) atoms. The first kappa shape index (κ1) is 13.7. The van der Waals surface area contributed by atoms with Gasteiger partial charge >= 0.3 is 0 Å². The molecule has 0 aliphatic heterocycles. The van der Waals surface area contributed by atoms with Gasteiger partial charge in [-0.1, -0.05) is 0 Å². The van der Waals surface area contributed by atoms with E-state index in [1.54, 1.807) is 24.3 Å². The van der Waals surface area contributed by atoms with Crippen LogP contribution in [0.1, 0.15) is 4.88 Å². The van der Waals surface area contributed by atoms with Crippen molar-refractivity contribution in [2.45, 2.75) is 6.92 Å². The number of hydrogen-bond donors (Lipinski definition) is 1. The smallest absolute Gasteiger partial charge is 0.159 e. The fourth-order valence-electron chi connectivity index (χ4n) is 2.04. The molecule has 1 heterocycles. The summed E-state index contributed by atoms with van der Waals surface area (Å²) in [6, 6.07) is 10.5. The highest BCUT2D eigenvalue weighted by Crippen LogP contribution is 2.34. The minimum Gasteiger partial charge on any atom is -0.508 e. The second kappa shape index (κ2) is 5.26. The minimum atomic E-state index is -0.883. The van der Waals surface area contributed by atoms with Crippen molar-refractivity contribution in [3.8, 4) is 27.6 Å². The summed E-state index contributed by atoms with van der Waals surface area (Å²) in [6.45, 7) is 1.89. The van der Waals surface area contributed by atoms with Crippen LogP contribution in [0.15, 0.2) is 42.5 Å². The Morgan fingerprint density at radius 2 is 1.62 bits per heavy atom. The summed E-state index contributed by atoms with van der Waals surface area (Å²) in [5, 5.41) is 10.1. The van der Waals surface area contributed by atoms with Gasteiger partial charge in [-0.15, -0.1) is 11.3 Å². The third-order valence-electron chi connectivity index (χ3n) is 3.10. The van der Waals surface area contributed by atoms with E-state index in [1.165, 1.54) is 17.4 Å². The third kappa shape index (κ3) is 2.64. The molecule has 0 unspecified atom stereocenters. The van der Waals surface area contributed by atoms with Gasteiger partial charge in [0.25, 0.3) is 0 Å². The molecule has 1 aromatic heterocycles. The summed E-state index contributed by atoms with van der Waals surface area (Å²) in [7, 11) is 0. The summed E-state index contributed by atoms with van der Waals surface area (Å²) >= 11 is 1.47. The molecular weight excluding hydrogens is 292 g/mol. The zero-order valence-corrected chi connectivity index (χ0v) is 11.9. The van der Waals surface area contributed by atoms with Gasteiger partial charge in [0.05, 0.1) is 5.69 Å². The Kier molecular flexibility index (Phi) is 3.43. The summed E-state index contributed by atoms with van der Waals surface area (Å²) in [5.41, 5.74) is 2.06. The lowest BCUT2D eigenvalue weighted by atomic mass is 10.1.